The molecule has 12 heavy (non-hydrogen) atoms. The average Bonchev–Trinajstić information content (AvgIpc) is 1.95. The van der Waals surface area contributed by atoms with Gasteiger partial charge in [-0.25, -0.2) is 0 Å². The van der Waals surface area contributed by atoms with Gasteiger partial charge in [-0.1, -0.05) is 43.4 Å². The summed E-state index contributed by atoms with van der Waals surface area (Å²) >= 11 is 2.29. The number of amides is 1. The topological polar surface area (TPSA) is 29.1 Å². The first kappa shape index (κ1) is 12.2. The molecule has 0 aliphatic heterocycles. The predicted molar refractivity (Wildman–Crippen MR) is 60.6 cm³/mol. The van der Waals surface area contributed by atoms with Gasteiger partial charge in [-0.15, -0.1) is 0 Å². The van der Waals surface area contributed by atoms with Crippen LogP contribution >= 0.6 is 22.6 Å². The Morgan fingerprint density at radius 1 is 1.42 bits per heavy atom. The van der Waals surface area contributed by atoms with E-state index < -0.39 is 0 Å². The van der Waals surface area contributed by atoms with Gasteiger partial charge in [0.2, 0.25) is 5.91 Å². The lowest BCUT2D eigenvalue weighted by Crippen LogP contribution is -2.32. The summed E-state index contributed by atoms with van der Waals surface area (Å²) in [5.74, 6) is 0.182. The Labute approximate surface area is 88.6 Å². The molecule has 0 atom stereocenters. The van der Waals surface area contributed by atoms with Crippen molar-refractivity contribution in [2.75, 3.05) is 11.0 Å². The molecule has 0 aromatic carbocycles. The van der Waals surface area contributed by atoms with Crippen LogP contribution in [0.3, 0.4) is 0 Å². The first-order valence-electron chi connectivity index (χ1n) is 4.28. The van der Waals surface area contributed by atoms with E-state index in [9.17, 15) is 4.79 Å². The van der Waals surface area contributed by atoms with Gasteiger partial charge in [0.05, 0.1) is 0 Å². The molecule has 3 heteroatoms. The molecule has 0 aromatic heterocycles. The van der Waals surface area contributed by atoms with Crippen LogP contribution in [-0.4, -0.2) is 16.9 Å². The zero-order chi connectivity index (χ0) is 9.61. The summed E-state index contributed by atoms with van der Waals surface area (Å²) in [7, 11) is 0. The molecule has 0 radical (unpaired) electrons. The second-order valence-electron chi connectivity index (χ2n) is 4.13. The Bertz CT molecular complexity index is 140. The Kier molecular flexibility index (Phi) is 5.88. The molecular formula is C9H18INO. The normalized spacial score (nSPS) is 11.3. The highest BCUT2D eigenvalue weighted by Crippen LogP contribution is 2.10. The molecule has 0 saturated carbocycles. The van der Waals surface area contributed by atoms with Crippen molar-refractivity contribution in [1.29, 1.82) is 0 Å². The van der Waals surface area contributed by atoms with Crippen molar-refractivity contribution in [2.24, 2.45) is 5.41 Å². The van der Waals surface area contributed by atoms with E-state index in [1.54, 1.807) is 0 Å². The van der Waals surface area contributed by atoms with Gasteiger partial charge < -0.3 is 5.32 Å². The van der Waals surface area contributed by atoms with Gasteiger partial charge in [-0.3, -0.25) is 4.79 Å². The Morgan fingerprint density at radius 2 is 2.00 bits per heavy atom. The molecular weight excluding hydrogens is 265 g/mol. The van der Waals surface area contributed by atoms with Crippen LogP contribution in [0, 0.1) is 5.41 Å². The summed E-state index contributed by atoms with van der Waals surface area (Å²) in [5.41, 5.74) is 0.194. The Balaban J connectivity index is 3.44. The van der Waals surface area contributed by atoms with E-state index in [1.807, 2.05) is 0 Å². The fourth-order valence-corrected chi connectivity index (χ4v) is 1.06. The minimum Gasteiger partial charge on any atom is -0.356 e. The van der Waals surface area contributed by atoms with Gasteiger partial charge in [0.15, 0.2) is 0 Å². The number of carbonyl (C=O) groups excluding carboxylic acids is 1. The smallest absolute Gasteiger partial charge is 0.220 e. The van der Waals surface area contributed by atoms with Crippen molar-refractivity contribution in [3.05, 3.63) is 0 Å². The van der Waals surface area contributed by atoms with Crippen LogP contribution in [0.25, 0.3) is 0 Å². The fraction of sp³-hybridized carbons (Fsp3) is 0.889. The third kappa shape index (κ3) is 8.30. The molecule has 0 bridgehead atoms. The highest BCUT2D eigenvalue weighted by Gasteiger charge is 2.10. The molecule has 0 spiro atoms. The summed E-state index contributed by atoms with van der Waals surface area (Å²) in [6.07, 6.45) is 1.65. The first-order chi connectivity index (χ1) is 5.45. The molecule has 72 valence electrons. The van der Waals surface area contributed by atoms with E-state index in [1.165, 1.54) is 0 Å². The van der Waals surface area contributed by atoms with Crippen molar-refractivity contribution in [3.8, 4) is 0 Å². The minimum atomic E-state index is 0.182. The van der Waals surface area contributed by atoms with Crippen molar-refractivity contribution >= 4 is 28.5 Å². The van der Waals surface area contributed by atoms with E-state index in [2.05, 4.69) is 48.7 Å². The lowest BCUT2D eigenvalue weighted by atomic mass is 9.97. The lowest BCUT2D eigenvalue weighted by Gasteiger charge is -2.18. The van der Waals surface area contributed by atoms with Gasteiger partial charge in [-0.2, -0.15) is 0 Å². The largest absolute Gasteiger partial charge is 0.356 e. The van der Waals surface area contributed by atoms with Gasteiger partial charge in [0.25, 0.3) is 0 Å². The van der Waals surface area contributed by atoms with Crippen molar-refractivity contribution < 1.29 is 4.79 Å². The molecule has 0 aliphatic rings. The van der Waals surface area contributed by atoms with E-state index in [4.69, 9.17) is 0 Å². The molecule has 0 rings (SSSR count). The SMILES string of the molecule is CC(C)(C)CNC(=O)CCCI. The third-order valence-electron chi connectivity index (χ3n) is 1.35. The second-order valence-corrected chi connectivity index (χ2v) is 5.21. The van der Waals surface area contributed by atoms with Gasteiger partial charge in [0, 0.05) is 17.4 Å². The summed E-state index contributed by atoms with van der Waals surface area (Å²) < 4.78 is 1.06. The molecule has 0 fully saturated rings. The molecule has 1 N–H and O–H groups in total. The second kappa shape index (κ2) is 5.78. The number of hydrogen-bond acceptors (Lipinski definition) is 1. The predicted octanol–water partition coefficient (Wildman–Crippen LogP) is 2.36. The van der Waals surface area contributed by atoms with Crippen LogP contribution in [-0.2, 0) is 4.79 Å². The zero-order valence-corrected chi connectivity index (χ0v) is 10.3. The lowest BCUT2D eigenvalue weighted by molar-refractivity contribution is -0.121. The quantitative estimate of drug-likeness (QED) is 0.623. The maximum atomic E-state index is 11.1. The highest BCUT2D eigenvalue weighted by atomic mass is 127. The van der Waals surface area contributed by atoms with Crippen molar-refractivity contribution in [3.63, 3.8) is 0 Å². The van der Waals surface area contributed by atoms with Crippen LogP contribution in [0.1, 0.15) is 33.6 Å². The van der Waals surface area contributed by atoms with Gasteiger partial charge in [-0.05, 0) is 11.8 Å². The molecule has 0 unspecified atom stereocenters. The van der Waals surface area contributed by atoms with Crippen molar-refractivity contribution in [1.82, 2.24) is 5.32 Å². The molecule has 0 aliphatic carbocycles. The Hall–Kier alpha value is 0.200. The maximum Gasteiger partial charge on any atom is 0.220 e. The summed E-state index contributed by atoms with van der Waals surface area (Å²) in [4.78, 5) is 11.1. The molecule has 2 nitrogen and oxygen atoms in total. The van der Waals surface area contributed by atoms with Crippen LogP contribution in [0.2, 0.25) is 0 Å². The summed E-state index contributed by atoms with van der Waals surface area (Å²) in [6, 6.07) is 0. The summed E-state index contributed by atoms with van der Waals surface area (Å²) in [5, 5.41) is 2.92. The number of alkyl halides is 1. The first-order valence-corrected chi connectivity index (χ1v) is 5.81. The number of carbonyl (C=O) groups is 1. The van der Waals surface area contributed by atoms with Crippen LogP contribution < -0.4 is 5.32 Å². The average molecular weight is 283 g/mol. The minimum absolute atomic E-state index is 0.182. The molecule has 0 heterocycles. The summed E-state index contributed by atoms with van der Waals surface area (Å²) in [6.45, 7) is 7.12. The molecule has 0 saturated heterocycles. The van der Waals surface area contributed by atoms with E-state index in [-0.39, 0.29) is 11.3 Å². The monoisotopic (exact) mass is 283 g/mol. The number of nitrogens with one attached hydrogen (secondary N) is 1. The standard InChI is InChI=1S/C9H18INO/c1-9(2,3)7-11-8(12)5-4-6-10/h4-7H2,1-3H3,(H,11,12). The number of rotatable bonds is 4. The van der Waals surface area contributed by atoms with Crippen LogP contribution in [0.5, 0.6) is 0 Å². The third-order valence-corrected chi connectivity index (χ3v) is 2.12. The highest BCUT2D eigenvalue weighted by molar-refractivity contribution is 14.1. The number of hydrogen-bond donors (Lipinski definition) is 1. The fourth-order valence-electron chi connectivity index (χ4n) is 0.680. The van der Waals surface area contributed by atoms with Crippen molar-refractivity contribution in [2.45, 2.75) is 33.6 Å². The maximum absolute atomic E-state index is 11.1. The van der Waals surface area contributed by atoms with Gasteiger partial charge in [0.1, 0.15) is 0 Å². The van der Waals surface area contributed by atoms with Gasteiger partial charge >= 0.3 is 0 Å². The van der Waals surface area contributed by atoms with E-state index in [0.717, 1.165) is 17.4 Å². The number of halogens is 1. The van der Waals surface area contributed by atoms with Crippen LogP contribution in [0.15, 0.2) is 0 Å². The molecule has 1 amide bonds. The zero-order valence-electron chi connectivity index (χ0n) is 8.11. The molecule has 0 aromatic rings. The Morgan fingerprint density at radius 3 is 2.42 bits per heavy atom. The van der Waals surface area contributed by atoms with E-state index in [0.29, 0.717) is 6.42 Å². The van der Waals surface area contributed by atoms with Crippen LogP contribution in [0.4, 0.5) is 0 Å². The van der Waals surface area contributed by atoms with E-state index >= 15 is 0 Å².